The molecule has 0 aromatic heterocycles. The Hall–Kier alpha value is -2.87. The average molecular weight is 406 g/mol. The van der Waals surface area contributed by atoms with Crippen LogP contribution >= 0.6 is 0 Å². The molecular weight excluding hydrogens is 383 g/mol. The van der Waals surface area contributed by atoms with E-state index in [0.29, 0.717) is 18.0 Å². The van der Waals surface area contributed by atoms with E-state index in [1.54, 1.807) is 18.9 Å². The van der Waals surface area contributed by atoms with E-state index < -0.39 is 35.1 Å². The number of carbonyl (C=O) groups excluding carboxylic acids is 2. The van der Waals surface area contributed by atoms with Crippen LogP contribution in [0.1, 0.15) is 18.1 Å². The zero-order valence-electron chi connectivity index (χ0n) is 16.3. The van der Waals surface area contributed by atoms with Crippen molar-refractivity contribution >= 4 is 17.5 Å². The third-order valence-corrected chi connectivity index (χ3v) is 5.30. The van der Waals surface area contributed by atoms with Crippen LogP contribution in [-0.4, -0.2) is 42.9 Å². The number of benzene rings is 2. The van der Waals surface area contributed by atoms with Crippen molar-refractivity contribution in [3.63, 3.8) is 0 Å². The summed E-state index contributed by atoms with van der Waals surface area (Å²) >= 11 is 0. The SMILES string of the molecule is C[C@H](C(=O)N1CCc2ccccc2C1)[NH+](C)CC(=O)Nc1ccc(F)c(F)c1F. The van der Waals surface area contributed by atoms with Gasteiger partial charge >= 0.3 is 0 Å². The van der Waals surface area contributed by atoms with E-state index in [-0.39, 0.29) is 12.5 Å². The molecule has 0 saturated heterocycles. The van der Waals surface area contributed by atoms with E-state index in [1.807, 2.05) is 18.2 Å². The Morgan fingerprint density at radius 1 is 1.10 bits per heavy atom. The lowest BCUT2D eigenvalue weighted by Crippen LogP contribution is -3.15. The molecule has 29 heavy (non-hydrogen) atoms. The van der Waals surface area contributed by atoms with Crippen LogP contribution in [0.15, 0.2) is 36.4 Å². The molecule has 0 saturated carbocycles. The third-order valence-electron chi connectivity index (χ3n) is 5.30. The highest BCUT2D eigenvalue weighted by molar-refractivity contribution is 5.91. The molecule has 0 bridgehead atoms. The van der Waals surface area contributed by atoms with E-state index in [0.717, 1.165) is 24.1 Å². The summed E-state index contributed by atoms with van der Waals surface area (Å²) in [6.45, 7) is 2.73. The molecule has 2 amide bonds. The van der Waals surface area contributed by atoms with Crippen LogP contribution in [0.5, 0.6) is 0 Å². The molecular formula is C21H23F3N3O2+. The minimum atomic E-state index is -1.64. The highest BCUT2D eigenvalue weighted by atomic mass is 19.2. The highest BCUT2D eigenvalue weighted by Crippen LogP contribution is 2.20. The van der Waals surface area contributed by atoms with Gasteiger partial charge in [0.05, 0.1) is 12.7 Å². The Morgan fingerprint density at radius 3 is 2.52 bits per heavy atom. The van der Waals surface area contributed by atoms with E-state index >= 15 is 0 Å². The lowest BCUT2D eigenvalue weighted by atomic mass is 9.99. The third kappa shape index (κ3) is 4.59. The van der Waals surface area contributed by atoms with Crippen LogP contribution in [0.25, 0.3) is 0 Å². The molecule has 2 N–H and O–H groups in total. The Balaban J connectivity index is 1.59. The Morgan fingerprint density at radius 2 is 1.79 bits per heavy atom. The molecule has 0 spiro atoms. The Labute approximate surface area is 167 Å². The van der Waals surface area contributed by atoms with E-state index in [1.165, 1.54) is 5.56 Å². The molecule has 3 rings (SSSR count). The van der Waals surface area contributed by atoms with Gasteiger partial charge in [-0.15, -0.1) is 0 Å². The molecule has 1 aliphatic rings. The molecule has 2 aromatic rings. The first kappa shape index (κ1) is 20.9. The minimum absolute atomic E-state index is 0.0798. The summed E-state index contributed by atoms with van der Waals surface area (Å²) in [6.07, 6.45) is 0.781. The van der Waals surface area contributed by atoms with Gasteiger partial charge in [-0.1, -0.05) is 24.3 Å². The number of rotatable bonds is 5. The minimum Gasteiger partial charge on any atom is -0.333 e. The number of halogens is 3. The standard InChI is InChI=1S/C21H22F3N3O2/c1-13(21(29)27-10-9-14-5-3-4-6-15(14)11-27)26(2)12-18(28)25-17-8-7-16(22)19(23)20(17)24/h3-8,13H,9-12H2,1-2H3,(H,25,28)/p+1/t13-/m1/s1. The number of hydrogen-bond donors (Lipinski definition) is 2. The molecule has 0 aliphatic carbocycles. The van der Waals surface area contributed by atoms with Crippen molar-refractivity contribution in [2.75, 3.05) is 25.5 Å². The Bertz CT molecular complexity index is 935. The van der Waals surface area contributed by atoms with Crippen LogP contribution < -0.4 is 10.2 Å². The van der Waals surface area contributed by atoms with Gasteiger partial charge < -0.3 is 15.1 Å². The summed E-state index contributed by atoms with van der Waals surface area (Å²) in [4.78, 5) is 27.4. The lowest BCUT2D eigenvalue weighted by Gasteiger charge is -2.32. The maximum absolute atomic E-state index is 13.7. The summed E-state index contributed by atoms with van der Waals surface area (Å²) < 4.78 is 40.0. The van der Waals surface area contributed by atoms with Crippen molar-refractivity contribution in [1.29, 1.82) is 0 Å². The number of anilines is 1. The maximum atomic E-state index is 13.7. The van der Waals surface area contributed by atoms with Gasteiger partial charge in [0.1, 0.15) is 0 Å². The fourth-order valence-electron chi connectivity index (χ4n) is 3.39. The fourth-order valence-corrected chi connectivity index (χ4v) is 3.39. The molecule has 154 valence electrons. The largest absolute Gasteiger partial charge is 0.333 e. The predicted octanol–water partition coefficient (Wildman–Crippen LogP) is 1.53. The molecule has 1 unspecified atom stereocenters. The van der Waals surface area contributed by atoms with Crippen LogP contribution in [-0.2, 0) is 22.6 Å². The molecule has 5 nitrogen and oxygen atoms in total. The van der Waals surface area contributed by atoms with Crippen LogP contribution in [0.3, 0.4) is 0 Å². The molecule has 2 atom stereocenters. The number of likely N-dealkylation sites (N-methyl/N-ethyl adjacent to an activating group) is 1. The number of fused-ring (bicyclic) bond motifs is 1. The van der Waals surface area contributed by atoms with E-state index in [4.69, 9.17) is 0 Å². The van der Waals surface area contributed by atoms with Crippen molar-refractivity contribution in [3.8, 4) is 0 Å². The molecule has 8 heteroatoms. The van der Waals surface area contributed by atoms with Crippen LogP contribution in [0.4, 0.5) is 18.9 Å². The second-order valence-electron chi connectivity index (χ2n) is 7.29. The van der Waals surface area contributed by atoms with Crippen molar-refractivity contribution in [2.24, 2.45) is 0 Å². The fraction of sp³-hybridized carbons (Fsp3) is 0.333. The van der Waals surface area contributed by atoms with Crippen LogP contribution in [0, 0.1) is 17.5 Å². The summed E-state index contributed by atoms with van der Waals surface area (Å²) in [5, 5.41) is 2.23. The first-order valence-electron chi connectivity index (χ1n) is 9.39. The van der Waals surface area contributed by atoms with Crippen molar-refractivity contribution < 1.29 is 27.7 Å². The topological polar surface area (TPSA) is 53.9 Å². The predicted molar refractivity (Wildman–Crippen MR) is 102 cm³/mol. The van der Waals surface area contributed by atoms with Crippen molar-refractivity contribution in [1.82, 2.24) is 4.90 Å². The maximum Gasteiger partial charge on any atom is 0.280 e. The first-order chi connectivity index (χ1) is 13.8. The monoisotopic (exact) mass is 406 g/mol. The normalized spacial score (nSPS) is 15.4. The van der Waals surface area contributed by atoms with Crippen LogP contribution in [0.2, 0.25) is 0 Å². The van der Waals surface area contributed by atoms with Gasteiger partial charge in [-0.05, 0) is 36.6 Å². The number of quaternary nitrogens is 1. The highest BCUT2D eigenvalue weighted by Gasteiger charge is 2.30. The summed E-state index contributed by atoms with van der Waals surface area (Å²) in [6, 6.07) is 9.17. The molecule has 0 radical (unpaired) electrons. The summed E-state index contributed by atoms with van der Waals surface area (Å²) in [5.41, 5.74) is 1.91. The van der Waals surface area contributed by atoms with Gasteiger partial charge in [0.2, 0.25) is 0 Å². The van der Waals surface area contributed by atoms with Gasteiger partial charge in [0, 0.05) is 13.1 Å². The zero-order valence-corrected chi connectivity index (χ0v) is 16.3. The van der Waals surface area contributed by atoms with Crippen molar-refractivity contribution in [2.45, 2.75) is 25.9 Å². The second-order valence-corrected chi connectivity index (χ2v) is 7.29. The average Bonchev–Trinajstić information content (AvgIpc) is 2.72. The first-order valence-corrected chi connectivity index (χ1v) is 9.39. The van der Waals surface area contributed by atoms with Gasteiger partial charge in [0.25, 0.3) is 11.8 Å². The summed E-state index contributed by atoms with van der Waals surface area (Å²) in [5.74, 6) is -5.10. The van der Waals surface area contributed by atoms with Crippen molar-refractivity contribution in [3.05, 3.63) is 65.0 Å². The van der Waals surface area contributed by atoms with Gasteiger partial charge in [-0.25, -0.2) is 13.2 Å². The molecule has 1 heterocycles. The lowest BCUT2D eigenvalue weighted by molar-refractivity contribution is -0.886. The molecule has 2 aromatic carbocycles. The molecule has 1 aliphatic heterocycles. The number of nitrogens with one attached hydrogen (secondary N) is 2. The Kier molecular flexibility index (Phi) is 6.22. The smallest absolute Gasteiger partial charge is 0.280 e. The van der Waals surface area contributed by atoms with Gasteiger partial charge in [-0.3, -0.25) is 9.59 Å². The summed E-state index contributed by atoms with van der Waals surface area (Å²) in [7, 11) is 1.68. The quantitative estimate of drug-likeness (QED) is 0.740. The van der Waals surface area contributed by atoms with Gasteiger partial charge in [-0.2, -0.15) is 0 Å². The zero-order chi connectivity index (χ0) is 21.1. The number of nitrogens with zero attached hydrogens (tertiary/aromatic N) is 1. The number of amides is 2. The number of carbonyl (C=O) groups is 2. The molecule has 0 fully saturated rings. The van der Waals surface area contributed by atoms with E-state index in [9.17, 15) is 22.8 Å². The number of hydrogen-bond acceptors (Lipinski definition) is 2. The van der Waals surface area contributed by atoms with Gasteiger partial charge in [0.15, 0.2) is 30.0 Å². The second kappa shape index (κ2) is 8.65. The van der Waals surface area contributed by atoms with E-state index in [2.05, 4.69) is 11.4 Å².